The number of amides is 1. The Morgan fingerprint density at radius 1 is 1.44 bits per heavy atom. The van der Waals surface area contributed by atoms with Gasteiger partial charge in [-0.3, -0.25) is 19.4 Å². The van der Waals surface area contributed by atoms with Gasteiger partial charge in [0.15, 0.2) is 5.65 Å². The molecule has 0 atom stereocenters. The predicted molar refractivity (Wildman–Crippen MR) is 101 cm³/mol. The Morgan fingerprint density at radius 3 is 2.85 bits per heavy atom. The van der Waals surface area contributed by atoms with Crippen molar-refractivity contribution in [2.75, 3.05) is 7.05 Å². The molecule has 0 unspecified atom stereocenters. The van der Waals surface area contributed by atoms with Gasteiger partial charge in [-0.2, -0.15) is 0 Å². The number of H-pyrrole nitrogens is 1. The number of carbonyl (C=O) groups excluding carboxylic acids is 1. The van der Waals surface area contributed by atoms with Gasteiger partial charge in [-0.1, -0.05) is 17.7 Å². The van der Waals surface area contributed by atoms with Crippen molar-refractivity contribution in [1.82, 2.24) is 19.7 Å². The van der Waals surface area contributed by atoms with Gasteiger partial charge in [-0.05, 0) is 31.0 Å². The highest BCUT2D eigenvalue weighted by atomic mass is 35.5. The van der Waals surface area contributed by atoms with E-state index in [0.29, 0.717) is 11.6 Å². The van der Waals surface area contributed by atoms with Crippen LogP contribution >= 0.6 is 11.6 Å². The lowest BCUT2D eigenvalue weighted by molar-refractivity contribution is 0.0785. The van der Waals surface area contributed by atoms with E-state index in [9.17, 15) is 14.0 Å². The Labute approximate surface area is 159 Å². The number of hydrogen-bond acceptors (Lipinski definition) is 3. The lowest BCUT2D eigenvalue weighted by atomic mass is 10.1. The van der Waals surface area contributed by atoms with E-state index in [1.54, 1.807) is 26.2 Å². The number of aromatic amines is 1. The molecule has 2 aromatic heterocycles. The van der Waals surface area contributed by atoms with Crippen molar-refractivity contribution in [3.05, 3.63) is 62.3 Å². The number of aryl methyl sites for hydroxylation is 1. The van der Waals surface area contributed by atoms with Gasteiger partial charge in [-0.15, -0.1) is 0 Å². The first-order valence-electron chi connectivity index (χ1n) is 8.64. The Balaban J connectivity index is 1.76. The molecule has 3 aromatic rings. The standard InChI is InChI=1S/C19H18ClFN4O2/c1-24(9-12-13(20)4-3-5-14(12)21)19(27)11-8-15(10-6-7-10)22-17-16(11)18(26)23-25(17)2/h3-5,8,10H,6-7,9H2,1-2H3,(H,23,26). The van der Waals surface area contributed by atoms with Crippen LogP contribution in [0.4, 0.5) is 4.39 Å². The third kappa shape index (κ3) is 3.12. The van der Waals surface area contributed by atoms with Crippen molar-refractivity contribution in [3.63, 3.8) is 0 Å². The second-order valence-corrected chi connectivity index (χ2v) is 7.34. The number of pyridine rings is 1. The van der Waals surface area contributed by atoms with E-state index < -0.39 is 5.82 Å². The third-order valence-electron chi connectivity index (χ3n) is 4.86. The van der Waals surface area contributed by atoms with Crippen molar-refractivity contribution in [3.8, 4) is 0 Å². The van der Waals surface area contributed by atoms with Crippen LogP contribution in [0.3, 0.4) is 0 Å². The van der Waals surface area contributed by atoms with Gasteiger partial charge in [0, 0.05) is 42.8 Å². The van der Waals surface area contributed by atoms with Crippen molar-refractivity contribution >= 4 is 28.5 Å². The van der Waals surface area contributed by atoms with E-state index in [4.69, 9.17) is 11.6 Å². The smallest absolute Gasteiger partial charge is 0.274 e. The summed E-state index contributed by atoms with van der Waals surface area (Å²) in [5.41, 5.74) is 1.40. The van der Waals surface area contributed by atoms with E-state index in [0.717, 1.165) is 18.5 Å². The minimum atomic E-state index is -0.474. The quantitative estimate of drug-likeness (QED) is 0.746. The minimum Gasteiger partial charge on any atom is -0.337 e. The van der Waals surface area contributed by atoms with Crippen LogP contribution in [0.15, 0.2) is 29.1 Å². The predicted octanol–water partition coefficient (Wildman–Crippen LogP) is 3.20. The van der Waals surface area contributed by atoms with Gasteiger partial charge in [0.25, 0.3) is 11.5 Å². The molecule has 2 heterocycles. The molecular weight excluding hydrogens is 371 g/mol. The zero-order chi connectivity index (χ0) is 19.3. The number of hydrogen-bond donors (Lipinski definition) is 1. The van der Waals surface area contributed by atoms with Crippen molar-refractivity contribution in [1.29, 1.82) is 0 Å². The van der Waals surface area contributed by atoms with Crippen LogP contribution < -0.4 is 5.56 Å². The number of carbonyl (C=O) groups is 1. The molecule has 1 aliphatic carbocycles. The fraction of sp³-hybridized carbons (Fsp3) is 0.316. The molecule has 0 saturated heterocycles. The zero-order valence-corrected chi connectivity index (χ0v) is 15.7. The normalized spacial score (nSPS) is 13.9. The Bertz CT molecular complexity index is 1100. The highest BCUT2D eigenvalue weighted by Gasteiger charge is 2.29. The Hall–Kier alpha value is -2.67. The number of nitrogens with one attached hydrogen (secondary N) is 1. The first-order valence-corrected chi connectivity index (χ1v) is 9.02. The van der Waals surface area contributed by atoms with E-state index in [-0.39, 0.29) is 39.5 Å². The van der Waals surface area contributed by atoms with Gasteiger partial charge in [0.05, 0.1) is 10.9 Å². The summed E-state index contributed by atoms with van der Waals surface area (Å²) >= 11 is 6.08. The number of benzene rings is 1. The molecule has 140 valence electrons. The fourth-order valence-electron chi connectivity index (χ4n) is 3.23. The van der Waals surface area contributed by atoms with Crippen LogP contribution in [0.1, 0.15) is 40.4 Å². The van der Waals surface area contributed by atoms with Gasteiger partial charge in [-0.25, -0.2) is 9.37 Å². The number of halogens is 2. The topological polar surface area (TPSA) is 71.0 Å². The Kier molecular flexibility index (Phi) is 4.26. The summed E-state index contributed by atoms with van der Waals surface area (Å²) in [4.78, 5) is 31.4. The molecule has 1 saturated carbocycles. The van der Waals surface area contributed by atoms with Crippen molar-refractivity contribution < 1.29 is 9.18 Å². The summed E-state index contributed by atoms with van der Waals surface area (Å²) in [6, 6.07) is 6.09. The maximum Gasteiger partial charge on any atom is 0.274 e. The summed E-state index contributed by atoms with van der Waals surface area (Å²) in [5, 5.41) is 3.15. The maximum atomic E-state index is 14.1. The highest BCUT2D eigenvalue weighted by molar-refractivity contribution is 6.31. The largest absolute Gasteiger partial charge is 0.337 e. The van der Waals surface area contributed by atoms with Crippen LogP contribution in [0.25, 0.3) is 11.0 Å². The minimum absolute atomic E-state index is 0.00232. The first kappa shape index (κ1) is 17.7. The van der Waals surface area contributed by atoms with Crippen molar-refractivity contribution in [2.24, 2.45) is 7.05 Å². The summed E-state index contributed by atoms with van der Waals surface area (Å²) < 4.78 is 15.6. The summed E-state index contributed by atoms with van der Waals surface area (Å²) in [7, 11) is 3.25. The maximum absolute atomic E-state index is 14.1. The fourth-order valence-corrected chi connectivity index (χ4v) is 3.46. The lowest BCUT2D eigenvalue weighted by Gasteiger charge is -2.19. The molecule has 0 bridgehead atoms. The Morgan fingerprint density at radius 2 is 2.19 bits per heavy atom. The SMILES string of the molecule is CN(Cc1c(F)cccc1Cl)C(=O)c1cc(C2CC2)nc2c1c(=O)[nH]n2C. The molecular formula is C19H18ClFN4O2. The summed E-state index contributed by atoms with van der Waals surface area (Å²) in [6.07, 6.45) is 2.04. The van der Waals surface area contributed by atoms with E-state index in [2.05, 4.69) is 10.1 Å². The van der Waals surface area contributed by atoms with Gasteiger partial charge < -0.3 is 4.90 Å². The van der Waals surface area contributed by atoms with E-state index in [1.165, 1.54) is 21.7 Å². The van der Waals surface area contributed by atoms with Crippen LogP contribution in [-0.4, -0.2) is 32.6 Å². The highest BCUT2D eigenvalue weighted by Crippen LogP contribution is 2.40. The molecule has 1 aromatic carbocycles. The van der Waals surface area contributed by atoms with E-state index >= 15 is 0 Å². The first-order chi connectivity index (χ1) is 12.9. The zero-order valence-electron chi connectivity index (χ0n) is 14.9. The molecule has 1 fully saturated rings. The molecule has 0 spiro atoms. The van der Waals surface area contributed by atoms with Crippen LogP contribution in [0, 0.1) is 5.82 Å². The van der Waals surface area contributed by atoms with Crippen LogP contribution in [0.5, 0.6) is 0 Å². The monoisotopic (exact) mass is 388 g/mol. The average molecular weight is 389 g/mol. The second-order valence-electron chi connectivity index (χ2n) is 6.93. The molecule has 6 nitrogen and oxygen atoms in total. The molecule has 4 rings (SSSR count). The van der Waals surface area contributed by atoms with Crippen LogP contribution in [-0.2, 0) is 13.6 Å². The number of nitrogens with zero attached hydrogens (tertiary/aromatic N) is 3. The van der Waals surface area contributed by atoms with Gasteiger partial charge >= 0.3 is 0 Å². The van der Waals surface area contributed by atoms with Crippen molar-refractivity contribution in [2.45, 2.75) is 25.3 Å². The second kappa shape index (κ2) is 6.49. The molecule has 1 N–H and O–H groups in total. The number of fused-ring (bicyclic) bond motifs is 1. The molecule has 0 radical (unpaired) electrons. The summed E-state index contributed by atoms with van der Waals surface area (Å²) in [5.74, 6) is -0.532. The number of rotatable bonds is 4. The van der Waals surface area contributed by atoms with Crippen LogP contribution in [0.2, 0.25) is 5.02 Å². The molecule has 27 heavy (non-hydrogen) atoms. The molecule has 0 aliphatic heterocycles. The lowest BCUT2D eigenvalue weighted by Crippen LogP contribution is -2.28. The third-order valence-corrected chi connectivity index (χ3v) is 5.22. The molecule has 1 aliphatic rings. The summed E-state index contributed by atoms with van der Waals surface area (Å²) in [6.45, 7) is -0.00232. The van der Waals surface area contributed by atoms with E-state index in [1.807, 2.05) is 0 Å². The van der Waals surface area contributed by atoms with Gasteiger partial charge in [0.1, 0.15) is 5.82 Å². The molecule has 8 heteroatoms. The average Bonchev–Trinajstić information content (AvgIpc) is 3.44. The molecule has 1 amide bonds. The number of aromatic nitrogens is 3. The van der Waals surface area contributed by atoms with Gasteiger partial charge in [0.2, 0.25) is 0 Å².